The van der Waals surface area contributed by atoms with Gasteiger partial charge >= 0.3 is 0 Å². The van der Waals surface area contributed by atoms with Crippen LogP contribution in [-0.2, 0) is 0 Å². The number of aryl methyl sites for hydroxylation is 1. The van der Waals surface area contributed by atoms with Gasteiger partial charge in [-0.15, -0.1) is 0 Å². The van der Waals surface area contributed by atoms with Gasteiger partial charge in [0.2, 0.25) is 5.13 Å². The van der Waals surface area contributed by atoms with E-state index in [0.29, 0.717) is 23.8 Å². The largest absolute Gasteiger partial charge is 0.357 e. The first-order chi connectivity index (χ1) is 13.2. The summed E-state index contributed by atoms with van der Waals surface area (Å²) >= 11 is 1.42. The number of fused-ring (bicyclic) bond motifs is 3. The Morgan fingerprint density at radius 3 is 2.74 bits per heavy atom. The highest BCUT2D eigenvalue weighted by molar-refractivity contribution is 7.09. The molecule has 3 aromatic rings. The van der Waals surface area contributed by atoms with Gasteiger partial charge in [-0.2, -0.15) is 4.37 Å². The quantitative estimate of drug-likeness (QED) is 0.720. The number of aromatic nitrogens is 3. The van der Waals surface area contributed by atoms with E-state index >= 15 is 0 Å². The summed E-state index contributed by atoms with van der Waals surface area (Å²) in [6, 6.07) is 11.0. The van der Waals surface area contributed by atoms with Crippen molar-refractivity contribution in [3.8, 4) is 0 Å². The van der Waals surface area contributed by atoms with Gasteiger partial charge in [-0.3, -0.25) is 4.79 Å². The normalized spacial score (nSPS) is 24.9. The summed E-state index contributed by atoms with van der Waals surface area (Å²) in [6.07, 6.45) is 5.31. The fourth-order valence-corrected chi connectivity index (χ4v) is 5.34. The molecule has 6 nitrogen and oxygen atoms in total. The maximum atomic E-state index is 13.3. The fourth-order valence-electron chi connectivity index (χ4n) is 4.69. The summed E-state index contributed by atoms with van der Waals surface area (Å²) < 4.78 is 4.26. The zero-order valence-electron chi connectivity index (χ0n) is 15.3. The lowest BCUT2D eigenvalue weighted by Crippen LogP contribution is -2.57. The van der Waals surface area contributed by atoms with E-state index in [-0.39, 0.29) is 5.91 Å². The Bertz CT molecular complexity index is 933. The van der Waals surface area contributed by atoms with Gasteiger partial charge in [0.1, 0.15) is 11.5 Å². The number of carbonyl (C=O) groups is 1. The van der Waals surface area contributed by atoms with Crippen molar-refractivity contribution in [3.05, 3.63) is 41.9 Å². The van der Waals surface area contributed by atoms with Gasteiger partial charge in [-0.05, 0) is 51.2 Å². The molecule has 2 aromatic heterocycles. The number of nitrogens with zero attached hydrogens (tertiary/aromatic N) is 3. The molecule has 2 fully saturated rings. The average Bonchev–Trinajstić information content (AvgIpc) is 3.26. The van der Waals surface area contributed by atoms with Gasteiger partial charge in [0, 0.05) is 40.6 Å². The molecule has 2 bridgehead atoms. The molecule has 0 radical (unpaired) electrons. The van der Waals surface area contributed by atoms with Crippen LogP contribution in [-0.4, -0.2) is 43.3 Å². The Morgan fingerprint density at radius 2 is 2.04 bits per heavy atom. The van der Waals surface area contributed by atoms with Gasteiger partial charge in [-0.1, -0.05) is 18.2 Å². The van der Waals surface area contributed by atoms with Crippen LogP contribution in [0.1, 0.15) is 48.4 Å². The number of para-hydroxylation sites is 1. The highest BCUT2D eigenvalue weighted by atomic mass is 32.1. The molecule has 4 heterocycles. The summed E-state index contributed by atoms with van der Waals surface area (Å²) in [5.74, 6) is 0.959. The topological polar surface area (TPSA) is 73.9 Å². The zero-order valence-corrected chi connectivity index (χ0v) is 16.1. The van der Waals surface area contributed by atoms with E-state index in [1.54, 1.807) is 0 Å². The lowest BCUT2D eigenvalue weighted by atomic mass is 9.81. The number of anilines is 1. The first-order valence-electron chi connectivity index (χ1n) is 9.64. The zero-order chi connectivity index (χ0) is 18.4. The molecule has 1 unspecified atom stereocenters. The van der Waals surface area contributed by atoms with E-state index < -0.39 is 0 Å². The number of H-pyrrole nitrogens is 1. The minimum atomic E-state index is 0.145. The highest BCUT2D eigenvalue weighted by Gasteiger charge is 2.41. The van der Waals surface area contributed by atoms with Gasteiger partial charge in [0.15, 0.2) is 0 Å². The molecule has 0 aliphatic carbocycles. The smallest absolute Gasteiger partial charge is 0.270 e. The van der Waals surface area contributed by atoms with Crippen LogP contribution < -0.4 is 5.32 Å². The Morgan fingerprint density at radius 1 is 1.26 bits per heavy atom. The molecule has 2 N–H and O–H groups in total. The Balaban J connectivity index is 1.36. The SMILES string of the molecule is Cc1nsc(NC2C[C@H]3CCC[C@@H](C2)N3C(=O)c2cc3ccccc3[nH]2)n1. The van der Waals surface area contributed by atoms with Crippen molar-refractivity contribution in [1.82, 2.24) is 19.2 Å². The number of nitrogens with one attached hydrogen (secondary N) is 2. The third-order valence-electron chi connectivity index (χ3n) is 5.82. The molecule has 5 rings (SSSR count). The van der Waals surface area contributed by atoms with Crippen molar-refractivity contribution in [3.63, 3.8) is 0 Å². The summed E-state index contributed by atoms with van der Waals surface area (Å²) in [4.78, 5) is 23.2. The van der Waals surface area contributed by atoms with Gasteiger partial charge in [0.05, 0.1) is 0 Å². The van der Waals surface area contributed by atoms with Crippen LogP contribution in [0.3, 0.4) is 0 Å². The summed E-state index contributed by atoms with van der Waals surface area (Å²) in [5.41, 5.74) is 1.73. The van der Waals surface area contributed by atoms with E-state index in [4.69, 9.17) is 0 Å². The number of amides is 1. The second-order valence-corrected chi connectivity index (χ2v) is 8.43. The third-order valence-corrected chi connectivity index (χ3v) is 6.56. The molecule has 140 valence electrons. The van der Waals surface area contributed by atoms with Crippen molar-refractivity contribution in [1.29, 1.82) is 0 Å². The fraction of sp³-hybridized carbons (Fsp3) is 0.450. The third kappa shape index (κ3) is 3.10. The van der Waals surface area contributed by atoms with Crippen LogP contribution in [0.25, 0.3) is 10.9 Å². The number of benzene rings is 1. The molecule has 7 heteroatoms. The number of carbonyl (C=O) groups excluding carboxylic acids is 1. The number of hydrogen-bond acceptors (Lipinski definition) is 5. The van der Waals surface area contributed by atoms with Crippen molar-refractivity contribution < 1.29 is 4.79 Å². The molecule has 1 amide bonds. The number of rotatable bonds is 3. The maximum absolute atomic E-state index is 13.3. The van der Waals surface area contributed by atoms with Gasteiger partial charge in [-0.25, -0.2) is 4.98 Å². The minimum absolute atomic E-state index is 0.145. The van der Waals surface area contributed by atoms with Crippen LogP contribution in [0.4, 0.5) is 5.13 Å². The van der Waals surface area contributed by atoms with Crippen molar-refractivity contribution >= 4 is 33.5 Å². The van der Waals surface area contributed by atoms with E-state index in [2.05, 4.69) is 24.6 Å². The monoisotopic (exact) mass is 381 g/mol. The van der Waals surface area contributed by atoms with Gasteiger partial charge < -0.3 is 15.2 Å². The van der Waals surface area contributed by atoms with Crippen LogP contribution >= 0.6 is 11.5 Å². The van der Waals surface area contributed by atoms with Gasteiger partial charge in [0.25, 0.3) is 5.91 Å². The Kier molecular flexibility index (Phi) is 4.11. The number of piperidine rings is 2. The second-order valence-electron chi connectivity index (χ2n) is 7.68. The van der Waals surface area contributed by atoms with Crippen molar-refractivity contribution in [2.75, 3.05) is 5.32 Å². The summed E-state index contributed by atoms with van der Waals surface area (Å²) in [5, 5.41) is 5.54. The highest BCUT2D eigenvalue weighted by Crippen LogP contribution is 2.36. The average molecular weight is 382 g/mol. The first kappa shape index (κ1) is 16.7. The van der Waals surface area contributed by atoms with Crippen LogP contribution in [0, 0.1) is 6.92 Å². The van der Waals surface area contributed by atoms with Crippen molar-refractivity contribution in [2.24, 2.45) is 0 Å². The molecule has 2 aliphatic rings. The number of hydrogen-bond donors (Lipinski definition) is 2. The number of aromatic amines is 1. The predicted molar refractivity (Wildman–Crippen MR) is 107 cm³/mol. The Hall–Kier alpha value is -2.41. The molecular weight excluding hydrogens is 358 g/mol. The molecule has 0 spiro atoms. The Labute approximate surface area is 162 Å². The van der Waals surface area contributed by atoms with Crippen molar-refractivity contribution in [2.45, 2.75) is 57.2 Å². The van der Waals surface area contributed by atoms with E-state index in [9.17, 15) is 4.79 Å². The van der Waals surface area contributed by atoms with Crippen LogP contribution in [0.15, 0.2) is 30.3 Å². The first-order valence-corrected chi connectivity index (χ1v) is 10.4. The molecule has 1 aromatic carbocycles. The molecular formula is C20H23N5OS. The second kappa shape index (κ2) is 6.64. The molecule has 3 atom stereocenters. The van der Waals surface area contributed by atoms with E-state index in [0.717, 1.165) is 47.5 Å². The maximum Gasteiger partial charge on any atom is 0.270 e. The minimum Gasteiger partial charge on any atom is -0.357 e. The lowest BCUT2D eigenvalue weighted by Gasteiger charge is -2.48. The molecule has 2 saturated heterocycles. The summed E-state index contributed by atoms with van der Waals surface area (Å²) in [6.45, 7) is 1.91. The summed E-state index contributed by atoms with van der Waals surface area (Å²) in [7, 11) is 0. The van der Waals surface area contributed by atoms with Crippen LogP contribution in [0.2, 0.25) is 0 Å². The molecule has 27 heavy (non-hydrogen) atoms. The molecule has 2 aliphatic heterocycles. The molecule has 0 saturated carbocycles. The van der Waals surface area contributed by atoms with E-state index in [1.165, 1.54) is 18.0 Å². The van der Waals surface area contributed by atoms with Crippen LogP contribution in [0.5, 0.6) is 0 Å². The predicted octanol–water partition coefficient (Wildman–Crippen LogP) is 3.97. The standard InChI is InChI=1S/C20H23N5OS/c1-12-21-20(27-24-12)22-14-10-15-6-4-7-16(11-14)25(15)19(26)18-9-13-5-2-3-8-17(13)23-18/h2-3,5,8-9,14-16,23H,4,6-7,10-11H2,1H3,(H,21,22,24)/t14?,15-,16+. The lowest BCUT2D eigenvalue weighted by molar-refractivity contribution is 0.0255. The van der Waals surface area contributed by atoms with E-state index in [1.807, 2.05) is 37.3 Å².